The van der Waals surface area contributed by atoms with E-state index in [9.17, 15) is 19.5 Å². The van der Waals surface area contributed by atoms with Gasteiger partial charge in [-0.05, 0) is 63.8 Å². The zero-order valence-corrected chi connectivity index (χ0v) is 19.9. The van der Waals surface area contributed by atoms with Crippen molar-refractivity contribution in [1.82, 2.24) is 4.90 Å². The summed E-state index contributed by atoms with van der Waals surface area (Å²) in [6.45, 7) is 4.42. The maximum absolute atomic E-state index is 13.7. The monoisotopic (exact) mass is 480 g/mol. The molecule has 2 N–H and O–H groups in total. The van der Waals surface area contributed by atoms with Gasteiger partial charge in [-0.3, -0.25) is 14.4 Å². The molecule has 2 bridgehead atoms. The van der Waals surface area contributed by atoms with Crippen LogP contribution in [0.15, 0.2) is 24.3 Å². The lowest BCUT2D eigenvalue weighted by atomic mass is 9.66. The van der Waals surface area contributed by atoms with E-state index in [4.69, 9.17) is 16.3 Å². The lowest BCUT2D eigenvalue weighted by molar-refractivity contribution is -0.155. The third kappa shape index (κ3) is 3.70. The number of nitrogens with one attached hydrogen (secondary N) is 1. The highest BCUT2D eigenvalue weighted by Gasteiger charge is 2.77. The summed E-state index contributed by atoms with van der Waals surface area (Å²) >= 11 is 7.58. The zero-order valence-electron chi connectivity index (χ0n) is 18.3. The van der Waals surface area contributed by atoms with Crippen molar-refractivity contribution in [3.8, 4) is 0 Å². The molecule has 3 saturated heterocycles. The van der Waals surface area contributed by atoms with E-state index in [1.54, 1.807) is 47.9 Å². The van der Waals surface area contributed by atoms with Gasteiger partial charge in [0, 0.05) is 28.6 Å². The lowest BCUT2D eigenvalue weighted by Gasteiger charge is -2.34. The number of benzene rings is 1. The number of nitrogens with zero attached hydrogens (tertiary/aromatic N) is 1. The Morgan fingerprint density at radius 1 is 1.28 bits per heavy atom. The summed E-state index contributed by atoms with van der Waals surface area (Å²) < 4.78 is 4.27. The van der Waals surface area contributed by atoms with Crippen LogP contribution in [0.1, 0.15) is 39.5 Å². The van der Waals surface area contributed by atoms with Gasteiger partial charge in [-0.1, -0.05) is 11.6 Å². The Morgan fingerprint density at radius 3 is 2.66 bits per heavy atom. The van der Waals surface area contributed by atoms with Crippen molar-refractivity contribution in [2.75, 3.05) is 25.1 Å². The Labute approximate surface area is 197 Å². The predicted molar refractivity (Wildman–Crippen MR) is 123 cm³/mol. The minimum Gasteiger partial charge on any atom is -0.466 e. The normalized spacial score (nSPS) is 32.8. The summed E-state index contributed by atoms with van der Waals surface area (Å²) in [7, 11) is 0. The number of unbranched alkanes of at least 4 members (excludes halogenated alkanes) is 1. The predicted octanol–water partition coefficient (Wildman–Crippen LogP) is 3.10. The molecule has 1 aromatic rings. The fourth-order valence-corrected chi connectivity index (χ4v) is 8.17. The number of fused-ring (bicyclic) bond motifs is 1. The number of amides is 2. The van der Waals surface area contributed by atoms with E-state index < -0.39 is 27.4 Å². The van der Waals surface area contributed by atoms with Crippen LogP contribution >= 0.6 is 23.4 Å². The molecule has 2 amide bonds. The fraction of sp³-hybridized carbons (Fsp3) is 0.609. The number of thioether (sulfide) groups is 1. The van der Waals surface area contributed by atoms with Gasteiger partial charge >= 0.3 is 5.97 Å². The SMILES string of the molecule is CCOC(=O)[C@H]1[C@H]2C(=O)N(CCCCO)C(C(=O)Nc3ccc(Cl)cc3)C23CC[C@]1(C)S3. The highest BCUT2D eigenvalue weighted by atomic mass is 35.5. The molecular weight excluding hydrogens is 452 g/mol. The molecule has 3 fully saturated rings. The second kappa shape index (κ2) is 8.88. The molecule has 3 aliphatic rings. The highest BCUT2D eigenvalue weighted by molar-refractivity contribution is 8.02. The summed E-state index contributed by atoms with van der Waals surface area (Å²) in [4.78, 5) is 41.9. The summed E-state index contributed by atoms with van der Waals surface area (Å²) in [5.41, 5.74) is 0.604. The molecule has 3 aliphatic heterocycles. The summed E-state index contributed by atoms with van der Waals surface area (Å²) in [5.74, 6) is -1.92. The number of likely N-dealkylation sites (tertiary alicyclic amines) is 1. The topological polar surface area (TPSA) is 95.9 Å². The van der Waals surface area contributed by atoms with Crippen LogP contribution in [0.25, 0.3) is 0 Å². The Balaban J connectivity index is 1.69. The number of rotatable bonds is 8. The van der Waals surface area contributed by atoms with E-state index in [2.05, 4.69) is 5.32 Å². The largest absolute Gasteiger partial charge is 0.466 e. The summed E-state index contributed by atoms with van der Waals surface area (Å²) in [6.07, 6.45) is 2.57. The summed E-state index contributed by atoms with van der Waals surface area (Å²) in [6, 6.07) is 6.16. The molecule has 1 aromatic carbocycles. The first-order valence-corrected chi connectivity index (χ1v) is 12.3. The first-order valence-electron chi connectivity index (χ1n) is 11.1. The van der Waals surface area contributed by atoms with Crippen LogP contribution in [0, 0.1) is 11.8 Å². The van der Waals surface area contributed by atoms with Gasteiger partial charge in [0.2, 0.25) is 11.8 Å². The van der Waals surface area contributed by atoms with Gasteiger partial charge in [0.1, 0.15) is 6.04 Å². The molecule has 2 unspecified atom stereocenters. The number of aliphatic hydroxyl groups excluding tert-OH is 1. The van der Waals surface area contributed by atoms with E-state index in [0.717, 1.165) is 6.42 Å². The van der Waals surface area contributed by atoms with Crippen molar-refractivity contribution in [3.63, 3.8) is 0 Å². The molecule has 0 aliphatic carbocycles. The van der Waals surface area contributed by atoms with Gasteiger partial charge in [-0.2, -0.15) is 0 Å². The Bertz CT molecular complexity index is 912. The number of aliphatic hydroxyl groups is 1. The molecule has 1 spiro atoms. The molecule has 3 heterocycles. The number of carbonyl (C=O) groups excluding carboxylic acids is 3. The number of carbonyl (C=O) groups is 3. The van der Waals surface area contributed by atoms with Crippen LogP contribution in [0.2, 0.25) is 5.02 Å². The van der Waals surface area contributed by atoms with Crippen molar-refractivity contribution >= 4 is 46.8 Å². The van der Waals surface area contributed by atoms with Crippen molar-refractivity contribution in [2.24, 2.45) is 11.8 Å². The van der Waals surface area contributed by atoms with Gasteiger partial charge in [-0.15, -0.1) is 11.8 Å². The number of hydrogen-bond donors (Lipinski definition) is 2. The van der Waals surface area contributed by atoms with Gasteiger partial charge in [0.15, 0.2) is 0 Å². The maximum Gasteiger partial charge on any atom is 0.311 e. The number of anilines is 1. The van der Waals surface area contributed by atoms with Crippen LogP contribution in [0.4, 0.5) is 5.69 Å². The quantitative estimate of drug-likeness (QED) is 0.438. The average Bonchev–Trinajstić information content (AvgIpc) is 3.31. The molecule has 0 saturated carbocycles. The molecule has 0 aromatic heterocycles. The molecule has 5 atom stereocenters. The van der Waals surface area contributed by atoms with Crippen LogP contribution < -0.4 is 5.32 Å². The third-order valence-electron chi connectivity index (χ3n) is 6.98. The summed E-state index contributed by atoms with van der Waals surface area (Å²) in [5, 5.41) is 12.7. The third-order valence-corrected chi connectivity index (χ3v) is 9.22. The van der Waals surface area contributed by atoms with Crippen LogP contribution in [0.5, 0.6) is 0 Å². The zero-order chi connectivity index (χ0) is 23.1. The maximum atomic E-state index is 13.7. The van der Waals surface area contributed by atoms with Gasteiger partial charge in [0.05, 0.1) is 23.2 Å². The van der Waals surface area contributed by atoms with E-state index in [-0.39, 0.29) is 31.0 Å². The van der Waals surface area contributed by atoms with Crippen molar-refractivity contribution in [1.29, 1.82) is 0 Å². The number of hydrogen-bond acceptors (Lipinski definition) is 6. The lowest BCUT2D eigenvalue weighted by Crippen LogP contribution is -2.51. The molecule has 7 nitrogen and oxygen atoms in total. The average molecular weight is 481 g/mol. The molecule has 4 rings (SSSR count). The smallest absolute Gasteiger partial charge is 0.311 e. The first-order chi connectivity index (χ1) is 15.3. The number of esters is 1. The Hall–Kier alpha value is -1.77. The second-order valence-electron chi connectivity index (χ2n) is 8.94. The van der Waals surface area contributed by atoms with Crippen molar-refractivity contribution < 1.29 is 24.2 Å². The van der Waals surface area contributed by atoms with E-state index in [1.807, 2.05) is 6.92 Å². The minimum atomic E-state index is -0.694. The molecule has 9 heteroatoms. The molecule has 174 valence electrons. The molecule has 32 heavy (non-hydrogen) atoms. The molecular formula is C23H29ClN2O5S. The molecule has 0 radical (unpaired) electrons. The fourth-order valence-electron chi connectivity index (χ4n) is 5.69. The second-order valence-corrected chi connectivity index (χ2v) is 11.3. The van der Waals surface area contributed by atoms with E-state index in [0.29, 0.717) is 36.5 Å². The number of halogens is 1. The Morgan fingerprint density at radius 2 is 2.00 bits per heavy atom. The minimum absolute atomic E-state index is 0.0243. The first kappa shape index (κ1) is 23.4. The number of ether oxygens (including phenoxy) is 1. The standard InChI is InChI=1S/C23H29ClN2O5S/c1-3-31-21(30)17-16-20(29)26(12-4-5-13-27)18(23(16)11-10-22(17,2)32-23)19(28)25-15-8-6-14(24)7-9-15/h6-9,16-18,27H,3-5,10-13H2,1-2H3,(H,25,28)/t16-,17+,18?,22-,23?/m0/s1. The van der Waals surface area contributed by atoms with Crippen LogP contribution in [-0.4, -0.2) is 63.1 Å². The van der Waals surface area contributed by atoms with Crippen LogP contribution in [-0.2, 0) is 19.1 Å². The van der Waals surface area contributed by atoms with Gasteiger partial charge in [-0.25, -0.2) is 0 Å². The van der Waals surface area contributed by atoms with Gasteiger partial charge in [0.25, 0.3) is 0 Å². The highest BCUT2D eigenvalue weighted by Crippen LogP contribution is 2.71. The Kier molecular flexibility index (Phi) is 6.49. The van der Waals surface area contributed by atoms with Crippen molar-refractivity contribution in [2.45, 2.75) is 55.1 Å². The van der Waals surface area contributed by atoms with Crippen LogP contribution in [0.3, 0.4) is 0 Å². The van der Waals surface area contributed by atoms with E-state index >= 15 is 0 Å². The van der Waals surface area contributed by atoms with Crippen molar-refractivity contribution in [3.05, 3.63) is 29.3 Å². The van der Waals surface area contributed by atoms with E-state index in [1.165, 1.54) is 0 Å². The van der Waals surface area contributed by atoms with Gasteiger partial charge < -0.3 is 20.1 Å².